The lowest BCUT2D eigenvalue weighted by molar-refractivity contribution is -0.0557. The van der Waals surface area contributed by atoms with Crippen LogP contribution in [-0.4, -0.2) is 50.9 Å². The molecule has 0 atom stereocenters. The third kappa shape index (κ3) is 4.05. The fourth-order valence-corrected chi connectivity index (χ4v) is 5.45. The quantitative estimate of drug-likeness (QED) is 0.720. The normalized spacial score (nSPS) is 22.1. The van der Waals surface area contributed by atoms with Gasteiger partial charge in [-0.3, -0.25) is 10.3 Å². The van der Waals surface area contributed by atoms with Gasteiger partial charge in [0, 0.05) is 37.4 Å². The van der Waals surface area contributed by atoms with E-state index in [0.29, 0.717) is 6.04 Å². The molecule has 1 saturated heterocycles. The Hall–Kier alpha value is -2.12. The summed E-state index contributed by atoms with van der Waals surface area (Å²) in [5.74, 6) is 0. The molecular formula is C24H36N6O. The van der Waals surface area contributed by atoms with Crippen molar-refractivity contribution in [3.05, 3.63) is 24.0 Å². The Labute approximate surface area is 185 Å². The summed E-state index contributed by atoms with van der Waals surface area (Å²) >= 11 is 0. The summed E-state index contributed by atoms with van der Waals surface area (Å²) in [5, 5.41) is 9.59. The number of aromatic nitrogens is 3. The van der Waals surface area contributed by atoms with Gasteiger partial charge in [0.1, 0.15) is 5.60 Å². The van der Waals surface area contributed by atoms with E-state index in [9.17, 15) is 0 Å². The molecule has 2 fully saturated rings. The van der Waals surface area contributed by atoms with E-state index in [0.717, 1.165) is 73.3 Å². The molecule has 2 aromatic heterocycles. The van der Waals surface area contributed by atoms with Crippen molar-refractivity contribution in [1.29, 1.82) is 0 Å². The van der Waals surface area contributed by atoms with Gasteiger partial charge in [-0.25, -0.2) is 9.67 Å². The van der Waals surface area contributed by atoms with Crippen molar-refractivity contribution in [2.45, 2.75) is 83.4 Å². The molecule has 7 heteroatoms. The van der Waals surface area contributed by atoms with Crippen LogP contribution < -0.4 is 10.8 Å². The Morgan fingerprint density at radius 1 is 1.16 bits per heavy atom. The summed E-state index contributed by atoms with van der Waals surface area (Å²) in [7, 11) is 0. The summed E-state index contributed by atoms with van der Waals surface area (Å²) in [4.78, 5) is 13.5. The van der Waals surface area contributed by atoms with Gasteiger partial charge in [0.2, 0.25) is 0 Å². The largest absolute Gasteiger partial charge is 0.381 e. The lowest BCUT2D eigenvalue weighted by Crippen LogP contribution is -2.39. The molecule has 0 radical (unpaired) electrons. The number of piperidine rings is 1. The van der Waals surface area contributed by atoms with E-state index < -0.39 is 0 Å². The van der Waals surface area contributed by atoms with Crippen molar-refractivity contribution in [1.82, 2.24) is 25.1 Å². The van der Waals surface area contributed by atoms with E-state index in [2.05, 4.69) is 40.7 Å². The fourth-order valence-electron chi connectivity index (χ4n) is 5.45. The van der Waals surface area contributed by atoms with Gasteiger partial charge in [0.05, 0.1) is 23.0 Å². The first kappa shape index (κ1) is 20.8. The van der Waals surface area contributed by atoms with Crippen LogP contribution in [0.15, 0.2) is 18.5 Å². The third-order valence-corrected chi connectivity index (χ3v) is 7.20. The molecule has 0 unspecified atom stereocenters. The van der Waals surface area contributed by atoms with E-state index in [1.54, 1.807) is 0 Å². The van der Waals surface area contributed by atoms with Gasteiger partial charge in [-0.05, 0) is 51.6 Å². The maximum Gasteiger partial charge on any atom is 0.159 e. The predicted molar refractivity (Wildman–Crippen MR) is 125 cm³/mol. The number of fused-ring (bicyclic) bond motifs is 1. The predicted octanol–water partition coefficient (Wildman–Crippen LogP) is 4.32. The maximum atomic E-state index is 6.15. The molecule has 1 aliphatic carbocycles. The number of hydroxylamine groups is 1. The molecule has 3 aliphatic rings. The van der Waals surface area contributed by atoms with Crippen LogP contribution in [0.25, 0.3) is 16.7 Å². The van der Waals surface area contributed by atoms with Gasteiger partial charge in [0.15, 0.2) is 5.65 Å². The molecule has 31 heavy (non-hydrogen) atoms. The van der Waals surface area contributed by atoms with Crippen molar-refractivity contribution >= 4 is 22.4 Å². The maximum absolute atomic E-state index is 6.15. The smallest absolute Gasteiger partial charge is 0.159 e. The Kier molecular flexibility index (Phi) is 5.89. The van der Waals surface area contributed by atoms with Gasteiger partial charge in [-0.1, -0.05) is 26.2 Å². The molecule has 0 aromatic carbocycles. The van der Waals surface area contributed by atoms with Crippen LogP contribution in [0.5, 0.6) is 0 Å². The van der Waals surface area contributed by atoms with Crippen LogP contribution in [0, 0.1) is 0 Å². The first-order chi connectivity index (χ1) is 15.2. The number of anilines is 1. The molecule has 5 rings (SSSR count). The molecule has 1 saturated carbocycles. The molecule has 2 N–H and O–H groups in total. The summed E-state index contributed by atoms with van der Waals surface area (Å²) in [6, 6.07) is 0.467. The number of likely N-dealkylation sites (tertiary alicyclic amines) is 1. The third-order valence-electron chi connectivity index (χ3n) is 7.20. The van der Waals surface area contributed by atoms with Crippen molar-refractivity contribution in [2.75, 3.05) is 25.0 Å². The Balaban J connectivity index is 1.46. The van der Waals surface area contributed by atoms with E-state index in [1.807, 2.05) is 17.1 Å². The SMILES string of the molecule is CCCN1CCC(Nc2c(C3=CC4(CCCCC4)ON3)cnc3c2cnn3CC)CC1. The number of nitrogens with zero attached hydrogens (tertiary/aromatic N) is 4. The van der Waals surface area contributed by atoms with Gasteiger partial charge < -0.3 is 10.2 Å². The fraction of sp³-hybridized carbons (Fsp3) is 0.667. The van der Waals surface area contributed by atoms with Crippen LogP contribution in [0.4, 0.5) is 5.69 Å². The molecule has 1 spiro atoms. The standard InChI is InChI=1S/C24H36N6O/c1-3-12-29-13-8-18(9-14-29)27-22-19(16-25-23-20(22)17-26-30(23)4-2)21-15-24(31-28-21)10-6-5-7-11-24/h15-18,28H,3-14H2,1-2H3,(H,25,27). The minimum atomic E-state index is -0.154. The summed E-state index contributed by atoms with van der Waals surface area (Å²) < 4.78 is 1.98. The zero-order valence-corrected chi connectivity index (χ0v) is 19.0. The van der Waals surface area contributed by atoms with Crippen LogP contribution in [-0.2, 0) is 11.4 Å². The highest BCUT2D eigenvalue weighted by molar-refractivity contribution is 5.95. The van der Waals surface area contributed by atoms with Gasteiger partial charge >= 0.3 is 0 Å². The molecule has 7 nitrogen and oxygen atoms in total. The number of rotatable bonds is 6. The highest BCUT2D eigenvalue weighted by atomic mass is 16.7. The van der Waals surface area contributed by atoms with Crippen LogP contribution in [0.2, 0.25) is 0 Å². The van der Waals surface area contributed by atoms with Gasteiger partial charge in [0.25, 0.3) is 0 Å². The lowest BCUT2D eigenvalue weighted by atomic mass is 9.84. The Bertz CT molecular complexity index is 937. The average molecular weight is 425 g/mol. The van der Waals surface area contributed by atoms with Crippen molar-refractivity contribution < 1.29 is 4.84 Å². The second-order valence-corrected chi connectivity index (χ2v) is 9.39. The van der Waals surface area contributed by atoms with E-state index >= 15 is 0 Å². The minimum Gasteiger partial charge on any atom is -0.381 e. The second-order valence-electron chi connectivity index (χ2n) is 9.39. The van der Waals surface area contributed by atoms with E-state index in [1.165, 1.54) is 32.2 Å². The molecule has 4 heterocycles. The molecule has 168 valence electrons. The van der Waals surface area contributed by atoms with E-state index in [-0.39, 0.29) is 5.60 Å². The number of nitrogens with one attached hydrogen (secondary N) is 2. The summed E-state index contributed by atoms with van der Waals surface area (Å²) in [5.41, 5.74) is 7.35. The second kappa shape index (κ2) is 8.79. The highest BCUT2D eigenvalue weighted by Crippen LogP contribution is 2.40. The van der Waals surface area contributed by atoms with Crippen molar-refractivity contribution in [2.24, 2.45) is 0 Å². The number of pyridine rings is 1. The number of hydrogen-bond donors (Lipinski definition) is 2. The Morgan fingerprint density at radius 2 is 1.97 bits per heavy atom. The molecule has 0 amide bonds. The first-order valence-electron chi connectivity index (χ1n) is 12.2. The molecule has 2 aromatic rings. The summed E-state index contributed by atoms with van der Waals surface area (Å²) in [6.07, 6.45) is 15.8. The highest BCUT2D eigenvalue weighted by Gasteiger charge is 2.37. The first-order valence-corrected chi connectivity index (χ1v) is 12.2. The topological polar surface area (TPSA) is 67.2 Å². The summed E-state index contributed by atoms with van der Waals surface area (Å²) in [6.45, 7) is 8.72. The lowest BCUT2D eigenvalue weighted by Gasteiger charge is -2.33. The molecule has 2 aliphatic heterocycles. The van der Waals surface area contributed by atoms with Crippen molar-refractivity contribution in [3.63, 3.8) is 0 Å². The number of hydrogen-bond acceptors (Lipinski definition) is 6. The zero-order valence-electron chi connectivity index (χ0n) is 19.0. The minimum absolute atomic E-state index is 0.154. The number of aryl methyl sites for hydroxylation is 1. The van der Waals surface area contributed by atoms with Gasteiger partial charge in [-0.15, -0.1) is 0 Å². The van der Waals surface area contributed by atoms with Crippen molar-refractivity contribution in [3.8, 4) is 0 Å². The van der Waals surface area contributed by atoms with Crippen LogP contribution in [0.3, 0.4) is 0 Å². The Morgan fingerprint density at radius 3 is 2.71 bits per heavy atom. The van der Waals surface area contributed by atoms with Crippen LogP contribution in [0.1, 0.15) is 70.8 Å². The van der Waals surface area contributed by atoms with Gasteiger partial charge in [-0.2, -0.15) is 5.10 Å². The average Bonchev–Trinajstić information content (AvgIpc) is 3.40. The van der Waals surface area contributed by atoms with Crippen LogP contribution >= 0.6 is 0 Å². The molecule has 0 bridgehead atoms. The molecular weight excluding hydrogens is 388 g/mol. The van der Waals surface area contributed by atoms with E-state index in [4.69, 9.17) is 9.82 Å². The monoisotopic (exact) mass is 424 g/mol. The zero-order chi connectivity index (χ0) is 21.3.